The van der Waals surface area contributed by atoms with E-state index in [1.807, 2.05) is 0 Å². The van der Waals surface area contributed by atoms with Crippen molar-refractivity contribution in [3.63, 3.8) is 0 Å². The fourth-order valence-corrected chi connectivity index (χ4v) is 6.71. The summed E-state index contributed by atoms with van der Waals surface area (Å²) >= 11 is 12.5. The number of carbonyl (C=O) groups is 5. The third-order valence-corrected chi connectivity index (χ3v) is 9.10. The number of nitrogens with two attached hydrogens (primary N) is 4. The van der Waals surface area contributed by atoms with Crippen LogP contribution in [0.5, 0.6) is 5.75 Å². The second-order valence-corrected chi connectivity index (χ2v) is 11.2. The number of benzene rings is 3. The van der Waals surface area contributed by atoms with Gasteiger partial charge >= 0.3 is 6.03 Å². The van der Waals surface area contributed by atoms with Gasteiger partial charge in [-0.3, -0.25) is 29.0 Å². The maximum Gasteiger partial charge on any atom is 0.325 e. The van der Waals surface area contributed by atoms with Crippen molar-refractivity contribution < 1.29 is 33.8 Å². The van der Waals surface area contributed by atoms with Crippen molar-refractivity contribution >= 4 is 58.5 Å². The molecular formula is C30H30Cl2N6O7. The zero-order chi connectivity index (χ0) is 33.5. The topological polar surface area (TPSA) is 225 Å². The van der Waals surface area contributed by atoms with Crippen molar-refractivity contribution in [2.75, 3.05) is 25.6 Å². The van der Waals surface area contributed by atoms with Gasteiger partial charge in [0, 0.05) is 19.5 Å². The number of carbonyl (C=O) groups excluding carboxylic acids is 5. The van der Waals surface area contributed by atoms with Crippen molar-refractivity contribution in [2.24, 2.45) is 28.3 Å². The highest BCUT2D eigenvalue weighted by Crippen LogP contribution is 2.60. The van der Waals surface area contributed by atoms with E-state index in [1.165, 1.54) is 68.8 Å². The number of hydrogen-bond acceptors (Lipinski definition) is 7. The number of methoxy groups -OCH3 is 1. The Morgan fingerprint density at radius 1 is 0.844 bits per heavy atom. The fourth-order valence-electron chi connectivity index (χ4n) is 6.40. The van der Waals surface area contributed by atoms with E-state index in [0.29, 0.717) is 4.90 Å². The molecule has 3 aromatic rings. The lowest BCUT2D eigenvalue weighted by molar-refractivity contribution is -0.211. The zero-order valence-electron chi connectivity index (χ0n) is 24.1. The molecule has 3 aromatic carbocycles. The lowest BCUT2D eigenvalue weighted by atomic mass is 9.48. The molecule has 15 heteroatoms. The lowest BCUT2D eigenvalue weighted by Gasteiger charge is -2.61. The minimum atomic E-state index is -3.51. The number of amides is 6. The second-order valence-electron chi connectivity index (χ2n) is 10.4. The smallest absolute Gasteiger partial charge is 0.325 e. The molecule has 4 rings (SSSR count). The van der Waals surface area contributed by atoms with Gasteiger partial charge < -0.3 is 32.8 Å². The summed E-state index contributed by atoms with van der Waals surface area (Å²) in [7, 11) is 2.62. The Kier molecular flexibility index (Phi) is 8.75. The highest BCUT2D eigenvalue weighted by Gasteiger charge is 2.83. The zero-order valence-corrected chi connectivity index (χ0v) is 25.6. The summed E-state index contributed by atoms with van der Waals surface area (Å²) in [5.74, 6) is -8.38. The minimum absolute atomic E-state index is 0.000941. The van der Waals surface area contributed by atoms with Gasteiger partial charge in [-0.25, -0.2) is 4.79 Å². The largest absolute Gasteiger partial charge is 0.495 e. The van der Waals surface area contributed by atoms with E-state index in [2.05, 4.69) is 0 Å². The molecule has 45 heavy (non-hydrogen) atoms. The number of ether oxygens (including phenoxy) is 1. The van der Waals surface area contributed by atoms with Crippen LogP contribution < -0.4 is 32.6 Å². The molecule has 0 saturated carbocycles. The SMILES string of the molecule is COc1ccccc1N(C)C(=O)N1CC(c2ccc(Cl)c(Cl)c2)C(O)(c2ccccc2)C(C(N)=O)(C(N)=O)C1(C(N)=O)C(N)=O. The molecule has 0 bridgehead atoms. The fraction of sp³-hybridized carbons (Fsp3) is 0.233. The van der Waals surface area contributed by atoms with Gasteiger partial charge in [0.05, 0.1) is 22.8 Å². The first-order chi connectivity index (χ1) is 21.1. The second kappa shape index (κ2) is 11.9. The van der Waals surface area contributed by atoms with Crippen molar-refractivity contribution in [3.8, 4) is 5.75 Å². The summed E-state index contributed by atoms with van der Waals surface area (Å²) in [4.78, 5) is 71.2. The first-order valence-corrected chi connectivity index (χ1v) is 14.0. The molecule has 1 aliphatic rings. The van der Waals surface area contributed by atoms with E-state index in [9.17, 15) is 29.1 Å². The number of rotatable bonds is 8. The third-order valence-electron chi connectivity index (χ3n) is 8.37. The molecule has 1 heterocycles. The number of hydrogen-bond donors (Lipinski definition) is 5. The molecule has 2 unspecified atom stereocenters. The number of halogens is 2. The van der Waals surface area contributed by atoms with Gasteiger partial charge in [0.25, 0.3) is 11.8 Å². The number of anilines is 1. The Balaban J connectivity index is 2.21. The van der Waals surface area contributed by atoms with Gasteiger partial charge in [0.1, 0.15) is 11.4 Å². The summed E-state index contributed by atoms with van der Waals surface area (Å²) in [5, 5.41) is 13.1. The van der Waals surface area contributed by atoms with Crippen LogP contribution in [-0.4, -0.2) is 65.9 Å². The molecule has 0 aromatic heterocycles. The highest BCUT2D eigenvalue weighted by molar-refractivity contribution is 6.42. The summed E-state index contributed by atoms with van der Waals surface area (Å²) in [5.41, 5.74) is 13.7. The van der Waals surface area contributed by atoms with Crippen LogP contribution in [0.25, 0.3) is 0 Å². The van der Waals surface area contributed by atoms with Crippen LogP contribution >= 0.6 is 23.2 Å². The van der Waals surface area contributed by atoms with Crippen molar-refractivity contribution in [2.45, 2.75) is 17.1 Å². The number of aliphatic hydroxyl groups is 1. The number of likely N-dealkylation sites (tertiary alicyclic amines) is 1. The van der Waals surface area contributed by atoms with E-state index >= 15 is 0 Å². The normalized spacial score (nSPS) is 20.1. The average molecular weight is 658 g/mol. The number of para-hydroxylation sites is 2. The van der Waals surface area contributed by atoms with E-state index in [-0.39, 0.29) is 32.6 Å². The molecule has 1 aliphatic heterocycles. The monoisotopic (exact) mass is 656 g/mol. The Morgan fingerprint density at radius 3 is 1.91 bits per heavy atom. The molecule has 236 valence electrons. The standard InChI is InChI=1S/C30H30Cl2N6O7/c1-37(21-10-6-7-11-22(21)45-2)27(43)38-15-18(16-12-13-19(31)20(32)14-16)30(44,17-8-4-3-5-9-17)28(23(33)39,24(34)40)29(38,25(35)41)26(36)42/h3-14,18,44H,15H2,1-2H3,(H2,33,39)(H2,34,40)(H2,35,41)(H2,36,42). The molecule has 13 nitrogen and oxygen atoms in total. The van der Waals surface area contributed by atoms with Crippen molar-refractivity contribution in [1.82, 2.24) is 4.90 Å². The van der Waals surface area contributed by atoms with Crippen molar-refractivity contribution in [3.05, 3.63) is 94.0 Å². The Labute approximate surface area is 267 Å². The van der Waals surface area contributed by atoms with E-state index in [1.54, 1.807) is 18.2 Å². The van der Waals surface area contributed by atoms with Crippen LogP contribution in [0.15, 0.2) is 72.8 Å². The maximum atomic E-state index is 14.5. The van der Waals surface area contributed by atoms with Crippen molar-refractivity contribution in [1.29, 1.82) is 0 Å². The van der Waals surface area contributed by atoms with Gasteiger partial charge in [-0.15, -0.1) is 0 Å². The molecule has 1 fully saturated rings. The summed E-state index contributed by atoms with van der Waals surface area (Å²) < 4.78 is 5.36. The van der Waals surface area contributed by atoms with E-state index in [0.717, 1.165) is 4.90 Å². The molecule has 2 atom stereocenters. The maximum absolute atomic E-state index is 14.5. The summed E-state index contributed by atoms with van der Waals surface area (Å²) in [6, 6.07) is 16.3. The number of nitrogens with zero attached hydrogens (tertiary/aromatic N) is 2. The van der Waals surface area contributed by atoms with Gasteiger partial charge in [0.2, 0.25) is 22.8 Å². The highest BCUT2D eigenvalue weighted by atomic mass is 35.5. The van der Waals surface area contributed by atoms with Crippen LogP contribution in [0.4, 0.5) is 10.5 Å². The van der Waals surface area contributed by atoms with Gasteiger partial charge in [-0.05, 0) is 35.4 Å². The Morgan fingerprint density at radius 2 is 1.40 bits per heavy atom. The summed E-state index contributed by atoms with van der Waals surface area (Å²) in [6.45, 7) is -0.754. The Hall–Kier alpha value is -4.85. The first kappa shape index (κ1) is 33.1. The molecular weight excluding hydrogens is 627 g/mol. The van der Waals surface area contributed by atoms with E-state index in [4.69, 9.17) is 50.9 Å². The minimum Gasteiger partial charge on any atom is -0.495 e. The molecule has 1 saturated heterocycles. The lowest BCUT2D eigenvalue weighted by Crippen LogP contribution is -2.88. The third kappa shape index (κ3) is 4.54. The Bertz CT molecular complexity index is 1680. The van der Waals surface area contributed by atoms with Gasteiger partial charge in [-0.2, -0.15) is 0 Å². The summed E-state index contributed by atoms with van der Waals surface area (Å²) in [6.07, 6.45) is 0. The quantitative estimate of drug-likeness (QED) is 0.222. The van der Waals surface area contributed by atoms with Crippen LogP contribution in [0.2, 0.25) is 10.0 Å². The van der Waals surface area contributed by atoms with E-state index < -0.39 is 58.7 Å². The number of piperidine rings is 1. The van der Waals surface area contributed by atoms with Crippen LogP contribution in [0, 0.1) is 5.41 Å². The van der Waals surface area contributed by atoms with Crippen LogP contribution in [0.3, 0.4) is 0 Å². The van der Waals surface area contributed by atoms with Gasteiger partial charge in [0.15, 0.2) is 0 Å². The number of primary amides is 4. The molecule has 0 aliphatic carbocycles. The molecule has 0 radical (unpaired) electrons. The van der Waals surface area contributed by atoms with Crippen LogP contribution in [0.1, 0.15) is 17.0 Å². The average Bonchev–Trinajstić information content (AvgIpc) is 3.00. The van der Waals surface area contributed by atoms with Gasteiger partial charge in [-0.1, -0.05) is 71.7 Å². The predicted octanol–water partition coefficient (Wildman–Crippen LogP) is 1.21. The first-order valence-electron chi connectivity index (χ1n) is 13.3. The molecule has 6 amide bonds. The van der Waals surface area contributed by atoms with Crippen LogP contribution in [-0.2, 0) is 24.8 Å². The number of urea groups is 1. The predicted molar refractivity (Wildman–Crippen MR) is 165 cm³/mol. The molecule has 0 spiro atoms. The molecule has 9 N–H and O–H groups in total.